The van der Waals surface area contributed by atoms with Gasteiger partial charge in [-0.25, -0.2) is 0 Å². The molecule has 3 heteroatoms. The number of anilines is 1. The number of rotatable bonds is 4. The van der Waals surface area contributed by atoms with E-state index in [1.54, 1.807) is 4.90 Å². The summed E-state index contributed by atoms with van der Waals surface area (Å²) < 4.78 is 0. The molecule has 1 unspecified atom stereocenters. The van der Waals surface area contributed by atoms with Crippen molar-refractivity contribution in [2.24, 2.45) is 5.73 Å². The molecule has 0 saturated heterocycles. The third-order valence-electron chi connectivity index (χ3n) is 3.31. The van der Waals surface area contributed by atoms with Crippen molar-refractivity contribution < 1.29 is 4.79 Å². The molecule has 0 heterocycles. The maximum absolute atomic E-state index is 12.1. The summed E-state index contributed by atoms with van der Waals surface area (Å²) in [4.78, 5) is 13.8. The number of carbonyl (C=O) groups is 1. The molecule has 100 valence electrons. The number of nitrogens with two attached hydrogens (primary N) is 1. The maximum Gasteiger partial charge on any atom is 0.226 e. The van der Waals surface area contributed by atoms with Crippen molar-refractivity contribution >= 4 is 22.4 Å². The molecule has 0 aliphatic heterocycles. The number of carbonyl (C=O) groups excluding carboxylic acids is 1. The fraction of sp³-hybridized carbons (Fsp3) is 0.312. The number of hydrogen-bond acceptors (Lipinski definition) is 2. The van der Waals surface area contributed by atoms with Crippen LogP contribution in [0.3, 0.4) is 0 Å². The molecule has 1 atom stereocenters. The Hall–Kier alpha value is -1.87. The molecule has 1 amide bonds. The Morgan fingerprint density at radius 3 is 2.58 bits per heavy atom. The average molecular weight is 256 g/mol. The fourth-order valence-electron chi connectivity index (χ4n) is 2.05. The Morgan fingerprint density at radius 1 is 1.21 bits per heavy atom. The quantitative estimate of drug-likeness (QED) is 0.914. The Kier molecular flexibility index (Phi) is 4.17. The molecule has 2 N–H and O–H groups in total. The van der Waals surface area contributed by atoms with E-state index in [9.17, 15) is 4.79 Å². The molecular weight excluding hydrogens is 236 g/mol. The Labute approximate surface area is 114 Å². The minimum Gasteiger partial charge on any atom is -0.328 e. The van der Waals surface area contributed by atoms with E-state index in [0.717, 1.165) is 17.5 Å². The van der Waals surface area contributed by atoms with Gasteiger partial charge in [-0.15, -0.1) is 0 Å². The predicted octanol–water partition coefficient (Wildman–Crippen LogP) is 2.93. The van der Waals surface area contributed by atoms with Crippen LogP contribution in [0.5, 0.6) is 0 Å². The van der Waals surface area contributed by atoms with E-state index >= 15 is 0 Å². The van der Waals surface area contributed by atoms with E-state index in [4.69, 9.17) is 5.73 Å². The molecule has 0 radical (unpaired) electrons. The highest BCUT2D eigenvalue weighted by atomic mass is 16.2. The summed E-state index contributed by atoms with van der Waals surface area (Å²) in [5.74, 6) is 0.104. The van der Waals surface area contributed by atoms with Crippen LogP contribution in [0.1, 0.15) is 19.8 Å². The summed E-state index contributed by atoms with van der Waals surface area (Å²) in [6.45, 7) is 1.92. The summed E-state index contributed by atoms with van der Waals surface area (Å²) in [6, 6.07) is 14.3. The Balaban J connectivity index is 2.16. The lowest BCUT2D eigenvalue weighted by molar-refractivity contribution is -0.118. The minimum absolute atomic E-state index is 0.0638. The molecule has 2 aromatic carbocycles. The summed E-state index contributed by atoms with van der Waals surface area (Å²) >= 11 is 0. The van der Waals surface area contributed by atoms with Crippen molar-refractivity contribution in [1.82, 2.24) is 0 Å². The van der Waals surface area contributed by atoms with Crippen LogP contribution < -0.4 is 10.6 Å². The number of nitrogens with zero attached hydrogens (tertiary/aromatic N) is 1. The van der Waals surface area contributed by atoms with E-state index in [-0.39, 0.29) is 11.9 Å². The molecule has 0 spiro atoms. The molecule has 2 rings (SSSR count). The van der Waals surface area contributed by atoms with E-state index in [2.05, 4.69) is 12.1 Å². The van der Waals surface area contributed by atoms with Crippen LogP contribution in [0.2, 0.25) is 0 Å². The average Bonchev–Trinajstić information content (AvgIpc) is 2.43. The van der Waals surface area contributed by atoms with Gasteiger partial charge in [-0.3, -0.25) is 4.79 Å². The largest absolute Gasteiger partial charge is 0.328 e. The van der Waals surface area contributed by atoms with Crippen molar-refractivity contribution in [3.8, 4) is 0 Å². The number of hydrogen-bond donors (Lipinski definition) is 1. The molecular formula is C16H20N2O. The zero-order valence-corrected chi connectivity index (χ0v) is 11.5. The highest BCUT2D eigenvalue weighted by Crippen LogP contribution is 2.21. The zero-order chi connectivity index (χ0) is 13.8. The van der Waals surface area contributed by atoms with Gasteiger partial charge in [-0.2, -0.15) is 0 Å². The van der Waals surface area contributed by atoms with Crippen LogP contribution in [-0.4, -0.2) is 19.0 Å². The molecule has 2 aromatic rings. The zero-order valence-electron chi connectivity index (χ0n) is 11.5. The highest BCUT2D eigenvalue weighted by molar-refractivity contribution is 5.95. The van der Waals surface area contributed by atoms with Crippen LogP contribution >= 0.6 is 0 Å². The fourth-order valence-corrected chi connectivity index (χ4v) is 2.05. The van der Waals surface area contributed by atoms with Crippen molar-refractivity contribution in [3.63, 3.8) is 0 Å². The van der Waals surface area contributed by atoms with Gasteiger partial charge in [0.1, 0.15) is 0 Å². The third kappa shape index (κ3) is 3.32. The van der Waals surface area contributed by atoms with Gasteiger partial charge < -0.3 is 10.6 Å². The monoisotopic (exact) mass is 256 g/mol. The van der Waals surface area contributed by atoms with Crippen molar-refractivity contribution in [2.75, 3.05) is 11.9 Å². The molecule has 0 fully saturated rings. The van der Waals surface area contributed by atoms with Gasteiger partial charge >= 0.3 is 0 Å². The van der Waals surface area contributed by atoms with E-state index < -0.39 is 0 Å². The SMILES string of the molecule is CC(N)CCC(=O)N(C)c1ccc2ccccc2c1. The van der Waals surface area contributed by atoms with Crippen LogP contribution in [0.4, 0.5) is 5.69 Å². The second kappa shape index (κ2) is 5.85. The first-order chi connectivity index (χ1) is 9.08. The van der Waals surface area contributed by atoms with Crippen molar-refractivity contribution in [3.05, 3.63) is 42.5 Å². The van der Waals surface area contributed by atoms with Gasteiger partial charge in [0.2, 0.25) is 5.91 Å². The predicted molar refractivity (Wildman–Crippen MR) is 80.2 cm³/mol. The lowest BCUT2D eigenvalue weighted by Gasteiger charge is -2.18. The molecule has 3 nitrogen and oxygen atoms in total. The molecule has 0 saturated carbocycles. The van der Waals surface area contributed by atoms with Gasteiger partial charge in [0.15, 0.2) is 0 Å². The normalized spacial score (nSPS) is 12.4. The molecule has 0 aromatic heterocycles. The molecule has 0 aliphatic rings. The molecule has 0 bridgehead atoms. The van der Waals surface area contributed by atoms with Gasteiger partial charge in [-0.05, 0) is 36.2 Å². The topological polar surface area (TPSA) is 46.3 Å². The highest BCUT2D eigenvalue weighted by Gasteiger charge is 2.11. The Bertz CT molecular complexity index is 578. The van der Waals surface area contributed by atoms with Crippen molar-refractivity contribution in [1.29, 1.82) is 0 Å². The van der Waals surface area contributed by atoms with Gasteiger partial charge in [0.25, 0.3) is 0 Å². The van der Waals surface area contributed by atoms with Crippen LogP contribution in [0.15, 0.2) is 42.5 Å². The smallest absolute Gasteiger partial charge is 0.226 e. The maximum atomic E-state index is 12.1. The van der Waals surface area contributed by atoms with E-state index in [0.29, 0.717) is 6.42 Å². The lowest BCUT2D eigenvalue weighted by Crippen LogP contribution is -2.28. The number of benzene rings is 2. The van der Waals surface area contributed by atoms with Crippen LogP contribution in [-0.2, 0) is 4.79 Å². The van der Waals surface area contributed by atoms with Crippen LogP contribution in [0.25, 0.3) is 10.8 Å². The first-order valence-corrected chi connectivity index (χ1v) is 6.59. The van der Waals surface area contributed by atoms with E-state index in [1.165, 1.54) is 5.39 Å². The van der Waals surface area contributed by atoms with Gasteiger partial charge in [0.05, 0.1) is 0 Å². The van der Waals surface area contributed by atoms with E-state index in [1.807, 2.05) is 44.3 Å². The molecule has 0 aliphatic carbocycles. The second-order valence-electron chi connectivity index (χ2n) is 5.00. The standard InChI is InChI=1S/C16H20N2O/c1-12(17)7-10-16(19)18(2)15-9-8-13-5-3-4-6-14(13)11-15/h3-6,8-9,11-12H,7,10,17H2,1-2H3. The summed E-state index contributed by atoms with van der Waals surface area (Å²) in [5.41, 5.74) is 6.61. The third-order valence-corrected chi connectivity index (χ3v) is 3.31. The Morgan fingerprint density at radius 2 is 1.89 bits per heavy atom. The number of fused-ring (bicyclic) bond motifs is 1. The number of amides is 1. The summed E-state index contributed by atoms with van der Waals surface area (Å²) in [7, 11) is 1.81. The minimum atomic E-state index is 0.0638. The lowest BCUT2D eigenvalue weighted by atomic mass is 10.1. The first kappa shape index (κ1) is 13.6. The first-order valence-electron chi connectivity index (χ1n) is 6.59. The molecule has 19 heavy (non-hydrogen) atoms. The summed E-state index contributed by atoms with van der Waals surface area (Å²) in [5, 5.41) is 2.33. The van der Waals surface area contributed by atoms with Crippen molar-refractivity contribution in [2.45, 2.75) is 25.8 Å². The van der Waals surface area contributed by atoms with Gasteiger partial charge in [-0.1, -0.05) is 30.3 Å². The summed E-state index contributed by atoms with van der Waals surface area (Å²) in [6.07, 6.45) is 1.21. The van der Waals surface area contributed by atoms with Gasteiger partial charge in [0, 0.05) is 25.2 Å². The second-order valence-corrected chi connectivity index (χ2v) is 5.00. The van der Waals surface area contributed by atoms with Crippen LogP contribution in [0, 0.1) is 0 Å².